The molecule has 0 spiro atoms. The van der Waals surface area contributed by atoms with Gasteiger partial charge < -0.3 is 20.7 Å². The second-order valence-corrected chi connectivity index (χ2v) is 7.50. The number of rotatable bonds is 7. The molecule has 3 N–H and O–H groups in total. The first kappa shape index (κ1) is 24.7. The number of guanidine groups is 1. The van der Waals surface area contributed by atoms with Crippen LogP contribution in [0, 0.1) is 0 Å². The van der Waals surface area contributed by atoms with E-state index in [0.29, 0.717) is 19.1 Å². The van der Waals surface area contributed by atoms with E-state index in [2.05, 4.69) is 20.9 Å². The molecule has 7 heteroatoms. The maximum Gasteiger partial charge on any atom is 0.239 e. The second kappa shape index (κ2) is 12.3. The normalized spacial score (nSPS) is 11.2. The molecule has 2 rings (SSSR count). The Bertz CT molecular complexity index is 772. The molecule has 0 saturated heterocycles. The molecule has 0 bridgehead atoms. The zero-order valence-electron chi connectivity index (χ0n) is 17.5. The second-order valence-electron chi connectivity index (χ2n) is 7.50. The lowest BCUT2D eigenvalue weighted by molar-refractivity contribution is -0.121. The van der Waals surface area contributed by atoms with Crippen LogP contribution in [0.4, 0.5) is 0 Å². The van der Waals surface area contributed by atoms with Gasteiger partial charge in [0.2, 0.25) is 5.91 Å². The molecule has 0 aliphatic carbocycles. The van der Waals surface area contributed by atoms with E-state index in [1.807, 2.05) is 75.4 Å². The van der Waals surface area contributed by atoms with Crippen molar-refractivity contribution in [2.45, 2.75) is 39.5 Å². The lowest BCUT2D eigenvalue weighted by Crippen LogP contribution is -2.48. The monoisotopic (exact) mass is 510 g/mol. The van der Waals surface area contributed by atoms with Gasteiger partial charge in [0, 0.05) is 19.1 Å². The van der Waals surface area contributed by atoms with Crippen LogP contribution in [-0.4, -0.2) is 31.0 Å². The molecule has 0 aliphatic rings. The van der Waals surface area contributed by atoms with E-state index in [-0.39, 0.29) is 42.0 Å². The quantitative estimate of drug-likeness (QED) is 0.303. The third-order valence-corrected chi connectivity index (χ3v) is 3.79. The van der Waals surface area contributed by atoms with Crippen LogP contribution in [-0.2, 0) is 17.9 Å². The Morgan fingerprint density at radius 2 is 1.62 bits per heavy atom. The molecule has 0 unspecified atom stereocenters. The van der Waals surface area contributed by atoms with Crippen LogP contribution in [0.2, 0.25) is 0 Å². The van der Waals surface area contributed by atoms with Gasteiger partial charge >= 0.3 is 0 Å². The summed E-state index contributed by atoms with van der Waals surface area (Å²) in [5, 5.41) is 9.12. The van der Waals surface area contributed by atoms with E-state index in [0.717, 1.165) is 16.9 Å². The van der Waals surface area contributed by atoms with Crippen molar-refractivity contribution in [1.82, 2.24) is 16.0 Å². The van der Waals surface area contributed by atoms with Gasteiger partial charge in [-0.3, -0.25) is 9.79 Å². The van der Waals surface area contributed by atoms with E-state index in [1.54, 1.807) is 7.05 Å². The Labute approximate surface area is 190 Å². The van der Waals surface area contributed by atoms with Crippen molar-refractivity contribution >= 4 is 35.8 Å². The zero-order chi connectivity index (χ0) is 20.4. The molecule has 0 heterocycles. The van der Waals surface area contributed by atoms with E-state index in [1.165, 1.54) is 0 Å². The van der Waals surface area contributed by atoms with Gasteiger partial charge in [0.05, 0.1) is 6.54 Å². The van der Waals surface area contributed by atoms with Crippen LogP contribution in [0.1, 0.15) is 31.9 Å². The lowest BCUT2D eigenvalue weighted by Gasteiger charge is -2.21. The molecule has 6 nitrogen and oxygen atoms in total. The summed E-state index contributed by atoms with van der Waals surface area (Å²) in [6.07, 6.45) is 0. The van der Waals surface area contributed by atoms with E-state index in [9.17, 15) is 4.79 Å². The predicted molar refractivity (Wildman–Crippen MR) is 129 cm³/mol. The fourth-order valence-corrected chi connectivity index (χ4v) is 2.48. The summed E-state index contributed by atoms with van der Waals surface area (Å²) >= 11 is 0. The van der Waals surface area contributed by atoms with Gasteiger partial charge in [-0.25, -0.2) is 0 Å². The Hall–Kier alpha value is -2.29. The average molecular weight is 510 g/mol. The Morgan fingerprint density at radius 1 is 0.966 bits per heavy atom. The number of nitrogens with zero attached hydrogens (tertiary/aromatic N) is 1. The largest absolute Gasteiger partial charge is 0.489 e. The third kappa shape index (κ3) is 10.2. The number of benzene rings is 2. The molecule has 2 aromatic rings. The first-order chi connectivity index (χ1) is 13.4. The molecule has 1 amide bonds. The molecule has 2 aromatic carbocycles. The lowest BCUT2D eigenvalue weighted by atomic mass is 10.1. The van der Waals surface area contributed by atoms with Gasteiger partial charge in [0.15, 0.2) is 5.96 Å². The zero-order valence-corrected chi connectivity index (χ0v) is 19.8. The predicted octanol–water partition coefficient (Wildman–Crippen LogP) is 3.46. The van der Waals surface area contributed by atoms with Crippen molar-refractivity contribution in [2.24, 2.45) is 4.99 Å². The van der Waals surface area contributed by atoms with Gasteiger partial charge in [-0.15, -0.1) is 24.0 Å². The van der Waals surface area contributed by atoms with Crippen LogP contribution >= 0.6 is 24.0 Å². The first-order valence-electron chi connectivity index (χ1n) is 9.37. The van der Waals surface area contributed by atoms with Crippen molar-refractivity contribution in [2.75, 3.05) is 13.6 Å². The van der Waals surface area contributed by atoms with Crippen LogP contribution in [0.15, 0.2) is 59.6 Å². The Morgan fingerprint density at radius 3 is 2.21 bits per heavy atom. The maximum atomic E-state index is 11.9. The maximum absolute atomic E-state index is 11.9. The number of amides is 1. The summed E-state index contributed by atoms with van der Waals surface area (Å²) in [6.45, 7) is 7.16. The van der Waals surface area contributed by atoms with Gasteiger partial charge in [0.25, 0.3) is 0 Å². The summed E-state index contributed by atoms with van der Waals surface area (Å²) in [5.41, 5.74) is 1.98. The average Bonchev–Trinajstić information content (AvgIpc) is 2.67. The molecule has 0 aromatic heterocycles. The van der Waals surface area contributed by atoms with Gasteiger partial charge in [-0.1, -0.05) is 42.5 Å². The summed E-state index contributed by atoms with van der Waals surface area (Å²) < 4.78 is 5.80. The minimum absolute atomic E-state index is 0. The van der Waals surface area contributed by atoms with Crippen LogP contribution in [0.5, 0.6) is 5.75 Å². The summed E-state index contributed by atoms with van der Waals surface area (Å²) in [7, 11) is 1.68. The molecular formula is C22H31IN4O2. The number of aliphatic imine (C=N–C) groups is 1. The number of nitrogens with one attached hydrogen (secondary N) is 3. The standard InChI is InChI=1S/C22H30N4O2.HI/c1-22(2,3)26-20(27)15-25-21(23-4)24-14-17-10-12-19(13-11-17)28-16-18-8-6-5-7-9-18;/h5-13H,14-16H2,1-4H3,(H,26,27)(H2,23,24,25);1H. The van der Waals surface area contributed by atoms with Crippen LogP contribution < -0.4 is 20.7 Å². The van der Waals surface area contributed by atoms with Crippen molar-refractivity contribution in [3.8, 4) is 5.75 Å². The van der Waals surface area contributed by atoms with Gasteiger partial charge in [0.1, 0.15) is 12.4 Å². The molecule has 0 atom stereocenters. The summed E-state index contributed by atoms with van der Waals surface area (Å²) in [5.74, 6) is 1.33. The van der Waals surface area contributed by atoms with E-state index < -0.39 is 0 Å². The van der Waals surface area contributed by atoms with Crippen molar-refractivity contribution < 1.29 is 9.53 Å². The van der Waals surface area contributed by atoms with Crippen LogP contribution in [0.25, 0.3) is 0 Å². The summed E-state index contributed by atoms with van der Waals surface area (Å²) in [6, 6.07) is 18.0. The highest BCUT2D eigenvalue weighted by molar-refractivity contribution is 14.0. The number of carbonyl (C=O) groups is 1. The van der Waals surface area contributed by atoms with E-state index >= 15 is 0 Å². The van der Waals surface area contributed by atoms with Gasteiger partial charge in [-0.05, 0) is 44.0 Å². The molecule has 29 heavy (non-hydrogen) atoms. The highest BCUT2D eigenvalue weighted by atomic mass is 127. The fourth-order valence-electron chi connectivity index (χ4n) is 2.48. The van der Waals surface area contributed by atoms with Gasteiger partial charge in [-0.2, -0.15) is 0 Å². The number of hydrogen-bond acceptors (Lipinski definition) is 3. The molecule has 0 fully saturated rings. The Kier molecular flexibility index (Phi) is 10.5. The minimum atomic E-state index is -0.250. The van der Waals surface area contributed by atoms with E-state index in [4.69, 9.17) is 4.74 Å². The number of hydrogen-bond donors (Lipinski definition) is 3. The number of carbonyl (C=O) groups excluding carboxylic acids is 1. The number of halogens is 1. The SMILES string of the molecule is CN=C(NCC(=O)NC(C)(C)C)NCc1ccc(OCc2ccccc2)cc1.I. The van der Waals surface area contributed by atoms with Crippen molar-refractivity contribution in [3.63, 3.8) is 0 Å². The van der Waals surface area contributed by atoms with Crippen molar-refractivity contribution in [3.05, 3.63) is 65.7 Å². The van der Waals surface area contributed by atoms with Crippen molar-refractivity contribution in [1.29, 1.82) is 0 Å². The van der Waals surface area contributed by atoms with Crippen LogP contribution in [0.3, 0.4) is 0 Å². The fraction of sp³-hybridized carbons (Fsp3) is 0.364. The topological polar surface area (TPSA) is 74.8 Å². The molecule has 0 saturated carbocycles. The molecule has 0 radical (unpaired) electrons. The summed E-state index contributed by atoms with van der Waals surface area (Å²) in [4.78, 5) is 16.0. The third-order valence-electron chi connectivity index (χ3n) is 3.79. The highest BCUT2D eigenvalue weighted by Gasteiger charge is 2.13. The molecular weight excluding hydrogens is 479 g/mol. The first-order valence-corrected chi connectivity index (χ1v) is 9.37. The number of ether oxygens (including phenoxy) is 1. The highest BCUT2D eigenvalue weighted by Crippen LogP contribution is 2.14. The molecule has 0 aliphatic heterocycles. The molecule has 158 valence electrons. The minimum Gasteiger partial charge on any atom is -0.489 e. The Balaban J connectivity index is 0.00000420. The smallest absolute Gasteiger partial charge is 0.239 e.